The molecule has 0 saturated carbocycles. The lowest BCUT2D eigenvalue weighted by atomic mass is 9.93. The molecule has 0 unspecified atom stereocenters. The van der Waals surface area contributed by atoms with Crippen molar-refractivity contribution in [2.75, 3.05) is 13.2 Å². The summed E-state index contributed by atoms with van der Waals surface area (Å²) in [4.78, 5) is 36.4. The van der Waals surface area contributed by atoms with Crippen LogP contribution in [0, 0.1) is 0 Å². The summed E-state index contributed by atoms with van der Waals surface area (Å²) in [5, 5.41) is 12.4. The number of halogens is 3. The number of esters is 1. The Bertz CT molecular complexity index is 710. The summed E-state index contributed by atoms with van der Waals surface area (Å²) in [6.07, 6.45) is -6.50. The van der Waals surface area contributed by atoms with Gasteiger partial charge >= 0.3 is 12.1 Å². The third kappa shape index (κ3) is 4.38. The number of hydrogen-bond acceptors (Lipinski definition) is 5. The lowest BCUT2D eigenvalue weighted by Gasteiger charge is -2.45. The van der Waals surface area contributed by atoms with Crippen LogP contribution in [0.25, 0.3) is 0 Å². The summed E-state index contributed by atoms with van der Waals surface area (Å²) >= 11 is 0. The normalized spacial score (nSPS) is 23.1. The topological polar surface area (TPSA) is 95.9 Å². The van der Waals surface area contributed by atoms with Crippen molar-refractivity contribution in [2.24, 2.45) is 0 Å². The summed E-state index contributed by atoms with van der Waals surface area (Å²) in [5.41, 5.74) is -3.29. The molecule has 2 rings (SSSR count). The molecule has 2 atom stereocenters. The van der Waals surface area contributed by atoms with Crippen molar-refractivity contribution in [3.63, 3.8) is 0 Å². The number of likely N-dealkylation sites (tertiary alicyclic amines) is 1. The van der Waals surface area contributed by atoms with Crippen LogP contribution in [0.2, 0.25) is 0 Å². The van der Waals surface area contributed by atoms with Crippen LogP contribution in [0.5, 0.6) is 0 Å². The zero-order valence-corrected chi connectivity index (χ0v) is 14.5. The molecular weight excluding hydrogens is 369 g/mol. The fourth-order valence-electron chi connectivity index (χ4n) is 2.78. The third-order valence-electron chi connectivity index (χ3n) is 4.18. The molecule has 1 aromatic carbocycles. The summed E-state index contributed by atoms with van der Waals surface area (Å²) in [6, 6.07) is 6.50. The number of amides is 2. The molecule has 0 spiro atoms. The van der Waals surface area contributed by atoms with E-state index in [9.17, 15) is 32.7 Å². The van der Waals surface area contributed by atoms with Crippen LogP contribution in [0.15, 0.2) is 30.3 Å². The van der Waals surface area contributed by atoms with Gasteiger partial charge in [-0.1, -0.05) is 18.2 Å². The monoisotopic (exact) mass is 388 g/mol. The number of benzene rings is 1. The molecule has 1 aliphatic rings. The van der Waals surface area contributed by atoms with Crippen molar-refractivity contribution in [3.05, 3.63) is 35.9 Å². The van der Waals surface area contributed by atoms with Crippen molar-refractivity contribution in [1.82, 2.24) is 10.2 Å². The standard InChI is InChI=1S/C17H19F3N2O5/c1-2-27-13(23)10-22-15(25)12(8-9-16(22,26)17(18,19)20)21-14(24)11-6-4-3-5-7-11/h3-7,12,26H,2,8-10H2,1H3,(H,21,24)/t12-,16+/m1/s1. The van der Waals surface area contributed by atoms with Gasteiger partial charge in [-0.05, 0) is 25.5 Å². The van der Waals surface area contributed by atoms with Gasteiger partial charge in [0.05, 0.1) is 6.61 Å². The second kappa shape index (κ2) is 7.95. The van der Waals surface area contributed by atoms with Gasteiger partial charge < -0.3 is 15.2 Å². The molecule has 0 aliphatic carbocycles. The highest BCUT2D eigenvalue weighted by molar-refractivity contribution is 5.98. The van der Waals surface area contributed by atoms with Gasteiger partial charge in [-0.3, -0.25) is 19.3 Å². The van der Waals surface area contributed by atoms with Crippen LogP contribution in [-0.2, 0) is 14.3 Å². The van der Waals surface area contributed by atoms with E-state index in [-0.39, 0.29) is 17.1 Å². The average molecular weight is 388 g/mol. The molecule has 1 heterocycles. The maximum atomic E-state index is 13.4. The zero-order chi connectivity index (χ0) is 20.2. The first-order valence-electron chi connectivity index (χ1n) is 8.22. The van der Waals surface area contributed by atoms with Crippen LogP contribution >= 0.6 is 0 Å². The van der Waals surface area contributed by atoms with Gasteiger partial charge in [-0.25, -0.2) is 0 Å². The van der Waals surface area contributed by atoms with E-state index in [1.807, 2.05) is 0 Å². The number of aliphatic hydroxyl groups is 1. The van der Waals surface area contributed by atoms with E-state index in [1.165, 1.54) is 19.1 Å². The number of piperidine rings is 1. The lowest BCUT2D eigenvalue weighted by Crippen LogP contribution is -2.68. The van der Waals surface area contributed by atoms with E-state index in [0.29, 0.717) is 0 Å². The molecule has 7 nitrogen and oxygen atoms in total. The van der Waals surface area contributed by atoms with Crippen LogP contribution in [0.4, 0.5) is 13.2 Å². The molecule has 10 heteroatoms. The SMILES string of the molecule is CCOC(=O)CN1C(=O)[C@H](NC(=O)c2ccccc2)CC[C@]1(O)C(F)(F)F. The molecule has 1 saturated heterocycles. The fourth-order valence-corrected chi connectivity index (χ4v) is 2.78. The van der Waals surface area contributed by atoms with E-state index >= 15 is 0 Å². The summed E-state index contributed by atoms with van der Waals surface area (Å²) in [7, 11) is 0. The zero-order valence-electron chi connectivity index (χ0n) is 14.5. The maximum Gasteiger partial charge on any atom is 0.436 e. The van der Waals surface area contributed by atoms with Crippen molar-refractivity contribution < 1.29 is 37.4 Å². The van der Waals surface area contributed by atoms with Gasteiger partial charge in [0.25, 0.3) is 5.91 Å². The minimum atomic E-state index is -5.18. The minimum Gasteiger partial charge on any atom is -0.465 e. The number of carbonyl (C=O) groups is 3. The molecule has 0 radical (unpaired) electrons. The second-order valence-electron chi connectivity index (χ2n) is 5.97. The quantitative estimate of drug-likeness (QED) is 0.740. The highest BCUT2D eigenvalue weighted by Crippen LogP contribution is 2.40. The molecule has 27 heavy (non-hydrogen) atoms. The average Bonchev–Trinajstić information content (AvgIpc) is 2.61. The van der Waals surface area contributed by atoms with Crippen LogP contribution in [-0.4, -0.2) is 58.9 Å². The Morgan fingerprint density at radius 3 is 2.52 bits per heavy atom. The van der Waals surface area contributed by atoms with E-state index in [4.69, 9.17) is 0 Å². The first kappa shape index (κ1) is 20.7. The van der Waals surface area contributed by atoms with Gasteiger partial charge in [0.15, 0.2) is 0 Å². The van der Waals surface area contributed by atoms with Crippen molar-refractivity contribution >= 4 is 17.8 Å². The first-order chi connectivity index (χ1) is 12.6. The second-order valence-corrected chi connectivity index (χ2v) is 5.97. The number of rotatable bonds is 5. The molecular formula is C17H19F3N2O5. The first-order valence-corrected chi connectivity index (χ1v) is 8.22. The summed E-state index contributed by atoms with van der Waals surface area (Å²) in [5.74, 6) is -2.95. The smallest absolute Gasteiger partial charge is 0.436 e. The van der Waals surface area contributed by atoms with Crippen molar-refractivity contribution in [3.8, 4) is 0 Å². The highest BCUT2D eigenvalue weighted by Gasteiger charge is 2.62. The number of nitrogens with one attached hydrogen (secondary N) is 1. The number of alkyl halides is 3. The van der Waals surface area contributed by atoms with Gasteiger partial charge in [-0.15, -0.1) is 0 Å². The van der Waals surface area contributed by atoms with Gasteiger partial charge in [0, 0.05) is 12.0 Å². The Labute approximate surface area is 153 Å². The van der Waals surface area contributed by atoms with E-state index in [2.05, 4.69) is 10.1 Å². The molecule has 2 N–H and O–H groups in total. The number of carbonyl (C=O) groups excluding carboxylic acids is 3. The third-order valence-corrected chi connectivity index (χ3v) is 4.18. The highest BCUT2D eigenvalue weighted by atomic mass is 19.4. The maximum absolute atomic E-state index is 13.4. The predicted molar refractivity (Wildman–Crippen MR) is 86.3 cm³/mol. The van der Waals surface area contributed by atoms with Gasteiger partial charge in [0.2, 0.25) is 11.6 Å². The Kier molecular flexibility index (Phi) is 6.09. The van der Waals surface area contributed by atoms with E-state index in [1.54, 1.807) is 18.2 Å². The molecule has 1 aliphatic heterocycles. The fraction of sp³-hybridized carbons (Fsp3) is 0.471. The molecule has 148 valence electrons. The number of nitrogens with zero attached hydrogens (tertiary/aromatic N) is 1. The Morgan fingerprint density at radius 2 is 1.96 bits per heavy atom. The molecule has 1 fully saturated rings. The van der Waals surface area contributed by atoms with Gasteiger partial charge in [-0.2, -0.15) is 13.2 Å². The van der Waals surface area contributed by atoms with Crippen molar-refractivity contribution in [2.45, 2.75) is 37.7 Å². The number of ether oxygens (including phenoxy) is 1. The molecule has 1 aromatic rings. The Morgan fingerprint density at radius 1 is 1.33 bits per heavy atom. The predicted octanol–water partition coefficient (Wildman–Crippen LogP) is 1.22. The van der Waals surface area contributed by atoms with Crippen LogP contribution in [0.3, 0.4) is 0 Å². The van der Waals surface area contributed by atoms with Crippen LogP contribution in [0.1, 0.15) is 30.1 Å². The largest absolute Gasteiger partial charge is 0.465 e. The summed E-state index contributed by atoms with van der Waals surface area (Å²) in [6.45, 7) is 0.272. The van der Waals surface area contributed by atoms with Gasteiger partial charge in [0.1, 0.15) is 12.6 Å². The van der Waals surface area contributed by atoms with Crippen molar-refractivity contribution in [1.29, 1.82) is 0 Å². The van der Waals surface area contributed by atoms with Crippen LogP contribution < -0.4 is 5.32 Å². The molecule has 0 aromatic heterocycles. The van der Waals surface area contributed by atoms with E-state index < -0.39 is 55.1 Å². The lowest BCUT2D eigenvalue weighted by molar-refractivity contribution is -0.317. The molecule has 0 bridgehead atoms. The summed E-state index contributed by atoms with van der Waals surface area (Å²) < 4.78 is 44.7. The Balaban J connectivity index is 2.23. The van der Waals surface area contributed by atoms with E-state index in [0.717, 1.165) is 0 Å². The minimum absolute atomic E-state index is 0.0183. The number of hydrogen-bond donors (Lipinski definition) is 2. The Hall–Kier alpha value is -2.62. The molecule has 2 amide bonds.